The largest absolute Gasteiger partial charge is 0.325 e. The molecule has 0 saturated heterocycles. The van der Waals surface area contributed by atoms with Crippen molar-refractivity contribution in [2.45, 2.75) is 36.6 Å². The Balaban J connectivity index is 1.74. The van der Waals surface area contributed by atoms with E-state index in [1.807, 2.05) is 24.5 Å². The van der Waals surface area contributed by atoms with Gasteiger partial charge in [0.15, 0.2) is 0 Å². The number of sulfonamides is 1. The van der Waals surface area contributed by atoms with Gasteiger partial charge in [-0.2, -0.15) is 16.5 Å². The number of amides is 1. The molecule has 7 heteroatoms. The second-order valence-corrected chi connectivity index (χ2v) is 9.29. The second-order valence-electron chi connectivity index (χ2n) is 6.59. The van der Waals surface area contributed by atoms with Crippen molar-refractivity contribution in [1.29, 1.82) is 0 Å². The van der Waals surface area contributed by atoms with Gasteiger partial charge in [0, 0.05) is 5.69 Å². The molecule has 0 unspecified atom stereocenters. The van der Waals surface area contributed by atoms with E-state index in [1.165, 1.54) is 23.3 Å². The Kier molecular flexibility index (Phi) is 6.57. The molecule has 0 radical (unpaired) electrons. The van der Waals surface area contributed by atoms with Crippen molar-refractivity contribution in [3.63, 3.8) is 0 Å². The summed E-state index contributed by atoms with van der Waals surface area (Å²) in [5.74, 6) is 0.348. The van der Waals surface area contributed by atoms with Crippen molar-refractivity contribution in [2.75, 3.05) is 17.3 Å². The van der Waals surface area contributed by atoms with Crippen molar-refractivity contribution in [3.05, 3.63) is 59.7 Å². The highest BCUT2D eigenvalue weighted by molar-refractivity contribution is 7.98. The Hall–Kier alpha value is -1.83. The van der Waals surface area contributed by atoms with Crippen LogP contribution in [0.15, 0.2) is 53.4 Å². The van der Waals surface area contributed by atoms with E-state index in [0.29, 0.717) is 17.9 Å². The Morgan fingerprint density at radius 1 is 1.11 bits per heavy atom. The number of rotatable bonds is 8. The maximum absolute atomic E-state index is 12.8. The van der Waals surface area contributed by atoms with Gasteiger partial charge in [-0.3, -0.25) is 4.79 Å². The Labute approximate surface area is 165 Å². The van der Waals surface area contributed by atoms with E-state index in [-0.39, 0.29) is 10.8 Å². The zero-order valence-corrected chi connectivity index (χ0v) is 16.9. The molecular formula is C20H24N2O3S2. The highest BCUT2D eigenvalue weighted by Gasteiger charge is 2.25. The zero-order valence-electron chi connectivity index (χ0n) is 15.3. The average Bonchev–Trinajstić information content (AvgIpc) is 3.13. The van der Waals surface area contributed by atoms with Crippen LogP contribution in [0.3, 0.4) is 0 Å². The fraction of sp³-hybridized carbons (Fsp3) is 0.350. The van der Waals surface area contributed by atoms with Crippen molar-refractivity contribution >= 4 is 33.4 Å². The molecule has 0 fully saturated rings. The summed E-state index contributed by atoms with van der Waals surface area (Å²) in [6, 6.07) is 13.2. The van der Waals surface area contributed by atoms with E-state index in [9.17, 15) is 13.2 Å². The van der Waals surface area contributed by atoms with E-state index in [1.54, 1.807) is 30.0 Å². The lowest BCUT2D eigenvalue weighted by atomic mass is 10.1. The van der Waals surface area contributed by atoms with Crippen LogP contribution in [-0.4, -0.2) is 32.4 Å². The number of thioether (sulfide) groups is 1. The van der Waals surface area contributed by atoms with Gasteiger partial charge in [0.05, 0.1) is 4.90 Å². The lowest BCUT2D eigenvalue weighted by Crippen LogP contribution is -2.44. The summed E-state index contributed by atoms with van der Waals surface area (Å²) < 4.78 is 27.8. The number of anilines is 1. The van der Waals surface area contributed by atoms with Gasteiger partial charge >= 0.3 is 0 Å². The first kappa shape index (κ1) is 19.9. The Bertz CT molecular complexity index is 899. The number of carbonyl (C=O) groups is 1. The summed E-state index contributed by atoms with van der Waals surface area (Å²) in [4.78, 5) is 12.9. The molecule has 1 aliphatic carbocycles. The van der Waals surface area contributed by atoms with Crippen molar-refractivity contribution in [2.24, 2.45) is 0 Å². The smallest absolute Gasteiger partial charge is 0.242 e. The summed E-state index contributed by atoms with van der Waals surface area (Å²) in [6.07, 6.45) is 5.59. The molecule has 2 N–H and O–H groups in total. The van der Waals surface area contributed by atoms with Gasteiger partial charge in [-0.1, -0.05) is 24.3 Å². The van der Waals surface area contributed by atoms with Crippen LogP contribution in [0.5, 0.6) is 0 Å². The van der Waals surface area contributed by atoms with Crippen LogP contribution in [0.4, 0.5) is 5.69 Å². The minimum atomic E-state index is -3.76. The number of aryl methyl sites for hydroxylation is 2. The molecule has 1 aliphatic rings. The molecule has 5 nitrogen and oxygen atoms in total. The van der Waals surface area contributed by atoms with Crippen molar-refractivity contribution < 1.29 is 13.2 Å². The van der Waals surface area contributed by atoms with Crippen LogP contribution in [0.2, 0.25) is 0 Å². The molecule has 2 aromatic carbocycles. The summed E-state index contributed by atoms with van der Waals surface area (Å²) in [5.41, 5.74) is 3.31. The molecule has 0 aliphatic heterocycles. The summed E-state index contributed by atoms with van der Waals surface area (Å²) in [6.45, 7) is 0. The van der Waals surface area contributed by atoms with Crippen LogP contribution in [0.1, 0.15) is 24.0 Å². The predicted octanol–water partition coefficient (Wildman–Crippen LogP) is 3.21. The van der Waals surface area contributed by atoms with Crippen LogP contribution in [0.25, 0.3) is 0 Å². The molecule has 1 amide bonds. The van der Waals surface area contributed by atoms with Gasteiger partial charge in [0.25, 0.3) is 0 Å². The SMILES string of the molecule is CSCC[C@H](NS(=O)(=O)c1ccccc1)C(=O)Nc1ccc2c(c1)CCC2. The Morgan fingerprint density at radius 3 is 2.59 bits per heavy atom. The molecule has 0 saturated carbocycles. The lowest BCUT2D eigenvalue weighted by molar-refractivity contribution is -0.117. The van der Waals surface area contributed by atoms with Crippen LogP contribution in [0, 0.1) is 0 Å². The molecule has 27 heavy (non-hydrogen) atoms. The third kappa shape index (κ3) is 5.12. The number of fused-ring (bicyclic) bond motifs is 1. The fourth-order valence-electron chi connectivity index (χ4n) is 3.21. The first-order valence-electron chi connectivity index (χ1n) is 8.98. The predicted molar refractivity (Wildman–Crippen MR) is 111 cm³/mol. The summed E-state index contributed by atoms with van der Waals surface area (Å²) >= 11 is 1.58. The van der Waals surface area contributed by atoms with Gasteiger partial charge < -0.3 is 5.32 Å². The van der Waals surface area contributed by atoms with Crippen LogP contribution >= 0.6 is 11.8 Å². The number of hydrogen-bond donors (Lipinski definition) is 2. The third-order valence-corrected chi connectivity index (χ3v) is 6.78. The molecular weight excluding hydrogens is 380 g/mol. The van der Waals surface area contributed by atoms with E-state index >= 15 is 0 Å². The number of carbonyl (C=O) groups excluding carboxylic acids is 1. The minimum absolute atomic E-state index is 0.157. The molecule has 144 valence electrons. The minimum Gasteiger partial charge on any atom is -0.325 e. The summed E-state index contributed by atoms with van der Waals surface area (Å²) in [7, 11) is -3.76. The molecule has 0 spiro atoms. The highest BCUT2D eigenvalue weighted by Crippen LogP contribution is 2.25. The number of nitrogens with one attached hydrogen (secondary N) is 2. The highest BCUT2D eigenvalue weighted by atomic mass is 32.2. The molecule has 0 bridgehead atoms. The third-order valence-electron chi connectivity index (χ3n) is 4.64. The van der Waals surface area contributed by atoms with Gasteiger partial charge in [0.2, 0.25) is 15.9 Å². The van der Waals surface area contributed by atoms with Crippen molar-refractivity contribution in [1.82, 2.24) is 4.72 Å². The van der Waals surface area contributed by atoms with E-state index < -0.39 is 16.1 Å². The van der Waals surface area contributed by atoms with Gasteiger partial charge in [-0.25, -0.2) is 8.42 Å². The zero-order chi connectivity index (χ0) is 19.3. The first-order valence-corrected chi connectivity index (χ1v) is 11.9. The topological polar surface area (TPSA) is 75.3 Å². The standard InChI is InChI=1S/C20H24N2O3S2/c1-26-13-12-19(22-27(24,25)18-8-3-2-4-9-18)20(23)21-17-11-10-15-6-5-7-16(15)14-17/h2-4,8-11,14,19,22H,5-7,12-13H2,1H3,(H,21,23)/t19-/m0/s1. The van der Waals surface area contributed by atoms with Crippen LogP contribution in [-0.2, 0) is 27.7 Å². The molecule has 2 aromatic rings. The monoisotopic (exact) mass is 404 g/mol. The number of benzene rings is 2. The van der Waals surface area contributed by atoms with E-state index in [2.05, 4.69) is 10.0 Å². The average molecular weight is 405 g/mol. The quantitative estimate of drug-likeness (QED) is 0.708. The first-order chi connectivity index (χ1) is 13.0. The van der Waals surface area contributed by atoms with Crippen molar-refractivity contribution in [3.8, 4) is 0 Å². The fourth-order valence-corrected chi connectivity index (χ4v) is 4.94. The van der Waals surface area contributed by atoms with Gasteiger partial charge in [0.1, 0.15) is 6.04 Å². The Morgan fingerprint density at radius 2 is 1.85 bits per heavy atom. The summed E-state index contributed by atoms with van der Waals surface area (Å²) in [5, 5.41) is 2.88. The molecule has 3 rings (SSSR count). The van der Waals surface area contributed by atoms with E-state index in [0.717, 1.165) is 19.3 Å². The molecule has 0 aromatic heterocycles. The van der Waals surface area contributed by atoms with Gasteiger partial charge in [-0.05, 0) is 73.1 Å². The van der Waals surface area contributed by atoms with Crippen LogP contribution < -0.4 is 10.0 Å². The maximum atomic E-state index is 12.8. The second kappa shape index (κ2) is 8.91. The van der Waals surface area contributed by atoms with Gasteiger partial charge in [-0.15, -0.1) is 0 Å². The van der Waals surface area contributed by atoms with E-state index in [4.69, 9.17) is 0 Å². The molecule has 1 atom stereocenters. The normalized spacial score (nSPS) is 14.6. The lowest BCUT2D eigenvalue weighted by Gasteiger charge is -2.18. The molecule has 0 heterocycles. The number of hydrogen-bond acceptors (Lipinski definition) is 4. The maximum Gasteiger partial charge on any atom is 0.242 e.